The number of alkyl carbamates (subject to hydrolysis) is 1. The van der Waals surface area contributed by atoms with Crippen molar-refractivity contribution in [1.29, 1.82) is 0 Å². The van der Waals surface area contributed by atoms with E-state index >= 15 is 0 Å². The van der Waals surface area contributed by atoms with Gasteiger partial charge in [0.1, 0.15) is 12.6 Å². The largest absolute Gasteiger partial charge is 0.467 e. The number of benzene rings is 2. The van der Waals surface area contributed by atoms with E-state index in [1.165, 1.54) is 13.2 Å². The molecular formula is C22H23NO5. The van der Waals surface area contributed by atoms with Gasteiger partial charge < -0.3 is 14.8 Å². The van der Waals surface area contributed by atoms with Crippen molar-refractivity contribution in [2.45, 2.75) is 25.5 Å². The summed E-state index contributed by atoms with van der Waals surface area (Å²) in [4.78, 5) is 35.8. The second kappa shape index (κ2) is 11.3. The van der Waals surface area contributed by atoms with E-state index in [1.54, 1.807) is 6.08 Å². The lowest BCUT2D eigenvalue weighted by Crippen LogP contribution is -2.41. The van der Waals surface area contributed by atoms with E-state index in [2.05, 4.69) is 5.32 Å². The Kier molecular flexibility index (Phi) is 8.46. The smallest absolute Gasteiger partial charge is 0.408 e. The second-order valence-corrected chi connectivity index (χ2v) is 6.05. The molecule has 6 nitrogen and oxygen atoms in total. The molecule has 0 heterocycles. The number of carbonyl (C=O) groups excluding carboxylic acids is 3. The molecule has 2 aromatic rings. The van der Waals surface area contributed by atoms with E-state index in [0.29, 0.717) is 0 Å². The molecule has 2 rings (SSSR count). The number of nitrogens with one attached hydrogen (secondary N) is 1. The van der Waals surface area contributed by atoms with Gasteiger partial charge in [-0.15, -0.1) is 0 Å². The molecule has 0 bridgehead atoms. The molecule has 146 valence electrons. The Hall–Kier alpha value is -3.41. The van der Waals surface area contributed by atoms with E-state index in [0.717, 1.165) is 11.1 Å². The number of allylic oxidation sites excluding steroid dienone is 1. The lowest BCUT2D eigenvalue weighted by Gasteiger charge is -2.14. The van der Waals surface area contributed by atoms with Gasteiger partial charge in [0, 0.05) is 6.42 Å². The number of amides is 1. The van der Waals surface area contributed by atoms with Crippen LogP contribution in [0.5, 0.6) is 0 Å². The first kappa shape index (κ1) is 20.9. The number of ether oxygens (including phenoxy) is 2. The third-order valence-electron chi connectivity index (χ3n) is 3.89. The van der Waals surface area contributed by atoms with Crippen LogP contribution in [0.3, 0.4) is 0 Å². The number of esters is 1. The van der Waals surface area contributed by atoms with E-state index in [-0.39, 0.29) is 25.2 Å². The molecule has 0 aromatic heterocycles. The van der Waals surface area contributed by atoms with Crippen molar-refractivity contribution in [1.82, 2.24) is 5.32 Å². The summed E-state index contributed by atoms with van der Waals surface area (Å²) in [5.41, 5.74) is 1.74. The SMILES string of the molecule is COC(=O)[C@@H](C/C=C/C(=O)Cc1ccccc1)NC(=O)OCc1ccccc1. The van der Waals surface area contributed by atoms with E-state index < -0.39 is 18.1 Å². The van der Waals surface area contributed by atoms with Crippen LogP contribution < -0.4 is 5.32 Å². The van der Waals surface area contributed by atoms with Gasteiger partial charge in [-0.05, 0) is 23.6 Å². The van der Waals surface area contributed by atoms with Crippen molar-refractivity contribution in [3.05, 3.63) is 83.9 Å². The Bertz CT molecular complexity index is 802. The molecule has 0 fully saturated rings. The number of methoxy groups -OCH3 is 1. The standard InChI is InChI=1S/C22H23NO5/c1-27-21(25)20(23-22(26)28-16-18-11-6-3-7-12-18)14-8-13-19(24)15-17-9-4-2-5-10-17/h2-13,20H,14-16H2,1H3,(H,23,26)/b13-8+/t20-/m1/s1. The molecule has 0 saturated heterocycles. The Labute approximate surface area is 164 Å². The third-order valence-corrected chi connectivity index (χ3v) is 3.89. The zero-order chi connectivity index (χ0) is 20.2. The summed E-state index contributed by atoms with van der Waals surface area (Å²) in [7, 11) is 1.23. The van der Waals surface area contributed by atoms with Gasteiger partial charge in [0.25, 0.3) is 0 Å². The first-order valence-electron chi connectivity index (χ1n) is 8.87. The summed E-state index contributed by atoms with van der Waals surface area (Å²) in [6.45, 7) is 0.0893. The van der Waals surface area contributed by atoms with Gasteiger partial charge in [0.2, 0.25) is 0 Å². The highest BCUT2D eigenvalue weighted by atomic mass is 16.6. The van der Waals surface area contributed by atoms with Crippen LogP contribution in [0.15, 0.2) is 72.8 Å². The maximum atomic E-state index is 12.0. The second-order valence-electron chi connectivity index (χ2n) is 6.05. The monoisotopic (exact) mass is 381 g/mol. The molecule has 0 radical (unpaired) electrons. The van der Waals surface area contributed by atoms with Crippen molar-refractivity contribution in [3.8, 4) is 0 Å². The molecular weight excluding hydrogens is 358 g/mol. The third kappa shape index (κ3) is 7.45. The minimum atomic E-state index is -0.936. The van der Waals surface area contributed by atoms with Crippen LogP contribution in [0.1, 0.15) is 17.5 Å². The number of hydrogen-bond acceptors (Lipinski definition) is 5. The van der Waals surface area contributed by atoms with Crippen LogP contribution in [0.25, 0.3) is 0 Å². The van der Waals surface area contributed by atoms with Crippen LogP contribution in [0.4, 0.5) is 4.79 Å². The summed E-state index contributed by atoms with van der Waals surface area (Å²) in [6, 6.07) is 17.6. The number of rotatable bonds is 9. The predicted octanol–water partition coefficient (Wildman–Crippen LogP) is 3.21. The van der Waals surface area contributed by atoms with Gasteiger partial charge in [0.05, 0.1) is 7.11 Å². The van der Waals surface area contributed by atoms with Crippen LogP contribution >= 0.6 is 0 Å². The summed E-state index contributed by atoms with van der Waals surface area (Å²) in [6.07, 6.45) is 2.60. The highest BCUT2D eigenvalue weighted by molar-refractivity contribution is 5.91. The van der Waals surface area contributed by atoms with Crippen LogP contribution in [-0.4, -0.2) is 31.0 Å². The fourth-order valence-corrected chi connectivity index (χ4v) is 2.45. The normalized spacial score (nSPS) is 11.6. The molecule has 0 unspecified atom stereocenters. The minimum absolute atomic E-state index is 0.0893. The van der Waals surface area contributed by atoms with Gasteiger partial charge in [0.15, 0.2) is 5.78 Å². The first-order valence-corrected chi connectivity index (χ1v) is 8.87. The van der Waals surface area contributed by atoms with Crippen LogP contribution in [0.2, 0.25) is 0 Å². The molecule has 1 N–H and O–H groups in total. The molecule has 0 spiro atoms. The molecule has 0 aliphatic rings. The molecule has 0 aliphatic heterocycles. The maximum absolute atomic E-state index is 12.0. The minimum Gasteiger partial charge on any atom is -0.467 e. The molecule has 2 aromatic carbocycles. The highest BCUT2D eigenvalue weighted by Gasteiger charge is 2.21. The van der Waals surface area contributed by atoms with E-state index in [4.69, 9.17) is 9.47 Å². The van der Waals surface area contributed by atoms with Crippen molar-refractivity contribution >= 4 is 17.8 Å². The first-order chi connectivity index (χ1) is 13.6. The number of carbonyl (C=O) groups is 3. The zero-order valence-electron chi connectivity index (χ0n) is 15.7. The fourth-order valence-electron chi connectivity index (χ4n) is 2.45. The van der Waals surface area contributed by atoms with Crippen LogP contribution in [-0.2, 0) is 32.1 Å². The maximum Gasteiger partial charge on any atom is 0.408 e. The number of hydrogen-bond donors (Lipinski definition) is 1. The average Bonchev–Trinajstić information content (AvgIpc) is 2.72. The van der Waals surface area contributed by atoms with E-state index in [1.807, 2.05) is 60.7 Å². The van der Waals surface area contributed by atoms with Gasteiger partial charge in [-0.25, -0.2) is 9.59 Å². The van der Waals surface area contributed by atoms with Gasteiger partial charge in [-0.2, -0.15) is 0 Å². The zero-order valence-corrected chi connectivity index (χ0v) is 15.7. The van der Waals surface area contributed by atoms with E-state index in [9.17, 15) is 14.4 Å². The Morgan fingerprint density at radius 1 is 0.964 bits per heavy atom. The Balaban J connectivity index is 1.84. The van der Waals surface area contributed by atoms with Crippen molar-refractivity contribution in [2.24, 2.45) is 0 Å². The summed E-state index contributed by atoms with van der Waals surface area (Å²) < 4.78 is 9.81. The fraction of sp³-hybridized carbons (Fsp3) is 0.227. The quantitative estimate of drug-likeness (QED) is 0.533. The molecule has 6 heteroatoms. The van der Waals surface area contributed by atoms with Gasteiger partial charge >= 0.3 is 12.1 Å². The lowest BCUT2D eigenvalue weighted by atomic mass is 10.1. The predicted molar refractivity (Wildman–Crippen MR) is 104 cm³/mol. The number of ketones is 1. The molecule has 28 heavy (non-hydrogen) atoms. The van der Waals surface area contributed by atoms with Crippen LogP contribution in [0, 0.1) is 0 Å². The summed E-state index contributed by atoms with van der Waals surface area (Å²) in [5, 5.41) is 2.46. The Morgan fingerprint density at radius 3 is 2.18 bits per heavy atom. The average molecular weight is 381 g/mol. The van der Waals surface area contributed by atoms with Crippen molar-refractivity contribution < 1.29 is 23.9 Å². The van der Waals surface area contributed by atoms with Crippen molar-refractivity contribution in [3.63, 3.8) is 0 Å². The lowest BCUT2D eigenvalue weighted by molar-refractivity contribution is -0.142. The summed E-state index contributed by atoms with van der Waals surface area (Å²) >= 11 is 0. The molecule has 0 saturated carbocycles. The van der Waals surface area contributed by atoms with Gasteiger partial charge in [-0.1, -0.05) is 66.7 Å². The molecule has 1 amide bonds. The van der Waals surface area contributed by atoms with Gasteiger partial charge in [-0.3, -0.25) is 4.79 Å². The molecule has 1 atom stereocenters. The topological polar surface area (TPSA) is 81.7 Å². The Morgan fingerprint density at radius 2 is 1.57 bits per heavy atom. The molecule has 0 aliphatic carbocycles. The summed E-state index contributed by atoms with van der Waals surface area (Å²) in [5.74, 6) is -0.710. The highest BCUT2D eigenvalue weighted by Crippen LogP contribution is 2.04. The van der Waals surface area contributed by atoms with Crippen molar-refractivity contribution in [2.75, 3.05) is 7.11 Å².